The first-order valence-corrected chi connectivity index (χ1v) is 5.50. The predicted molar refractivity (Wildman–Crippen MR) is 62.1 cm³/mol. The monoisotopic (exact) mass is 220 g/mol. The van der Waals surface area contributed by atoms with E-state index < -0.39 is 0 Å². The van der Waals surface area contributed by atoms with Gasteiger partial charge in [-0.25, -0.2) is 0 Å². The maximum atomic E-state index is 11.7. The molecule has 0 bridgehead atoms. The van der Waals surface area contributed by atoms with E-state index in [1.807, 2.05) is 18.2 Å². The van der Waals surface area contributed by atoms with Crippen LogP contribution in [-0.2, 0) is 17.8 Å². The first kappa shape index (κ1) is 11.1. The Labute approximate surface area is 94.7 Å². The molecular weight excluding hydrogens is 204 g/mol. The van der Waals surface area contributed by atoms with Gasteiger partial charge in [-0.3, -0.25) is 4.79 Å². The standard InChI is InChI=1S/C12H16N2O2/c13-7-12(16)14-6-2-4-10-9(8-15)3-1-5-11(10)14/h1,3,5,15H,2,4,6-8,13H2. The van der Waals surface area contributed by atoms with E-state index in [0.717, 1.165) is 36.2 Å². The van der Waals surface area contributed by atoms with Crippen LogP contribution in [0.4, 0.5) is 5.69 Å². The van der Waals surface area contributed by atoms with Crippen LogP contribution in [0.15, 0.2) is 18.2 Å². The number of hydrogen-bond acceptors (Lipinski definition) is 3. The lowest BCUT2D eigenvalue weighted by Gasteiger charge is -2.30. The molecule has 1 aromatic rings. The Morgan fingerprint density at radius 1 is 1.50 bits per heavy atom. The number of benzene rings is 1. The maximum absolute atomic E-state index is 11.7. The third-order valence-electron chi connectivity index (χ3n) is 2.99. The van der Waals surface area contributed by atoms with Crippen LogP contribution >= 0.6 is 0 Å². The quantitative estimate of drug-likeness (QED) is 0.759. The molecule has 0 atom stereocenters. The summed E-state index contributed by atoms with van der Waals surface area (Å²) < 4.78 is 0. The third-order valence-corrected chi connectivity index (χ3v) is 2.99. The topological polar surface area (TPSA) is 66.6 Å². The van der Waals surface area contributed by atoms with Gasteiger partial charge in [0, 0.05) is 12.2 Å². The highest BCUT2D eigenvalue weighted by atomic mass is 16.3. The van der Waals surface area contributed by atoms with Crippen molar-refractivity contribution >= 4 is 11.6 Å². The molecule has 1 amide bonds. The molecule has 4 nitrogen and oxygen atoms in total. The maximum Gasteiger partial charge on any atom is 0.240 e. The van der Waals surface area contributed by atoms with Gasteiger partial charge in [-0.15, -0.1) is 0 Å². The molecule has 0 fully saturated rings. The van der Waals surface area contributed by atoms with E-state index in [2.05, 4.69) is 0 Å². The second-order valence-corrected chi connectivity index (χ2v) is 3.93. The van der Waals surface area contributed by atoms with Gasteiger partial charge < -0.3 is 15.7 Å². The molecule has 0 saturated heterocycles. The highest BCUT2D eigenvalue weighted by Gasteiger charge is 2.22. The van der Waals surface area contributed by atoms with Gasteiger partial charge in [0.15, 0.2) is 0 Å². The van der Waals surface area contributed by atoms with Crippen molar-refractivity contribution in [1.29, 1.82) is 0 Å². The summed E-state index contributed by atoms with van der Waals surface area (Å²) in [5, 5.41) is 9.25. The lowest BCUT2D eigenvalue weighted by atomic mass is 9.96. The van der Waals surface area contributed by atoms with Gasteiger partial charge in [0.1, 0.15) is 0 Å². The Morgan fingerprint density at radius 2 is 2.31 bits per heavy atom. The van der Waals surface area contributed by atoms with Gasteiger partial charge in [0.2, 0.25) is 5.91 Å². The van der Waals surface area contributed by atoms with Crippen LogP contribution < -0.4 is 10.6 Å². The van der Waals surface area contributed by atoms with Gasteiger partial charge in [-0.2, -0.15) is 0 Å². The number of nitrogens with zero attached hydrogens (tertiary/aromatic N) is 1. The Balaban J connectivity index is 2.43. The van der Waals surface area contributed by atoms with Crippen LogP contribution in [0.5, 0.6) is 0 Å². The summed E-state index contributed by atoms with van der Waals surface area (Å²) in [6.45, 7) is 0.772. The van der Waals surface area contributed by atoms with E-state index in [1.165, 1.54) is 0 Å². The molecule has 2 rings (SSSR count). The minimum Gasteiger partial charge on any atom is -0.392 e. The van der Waals surface area contributed by atoms with E-state index in [-0.39, 0.29) is 19.1 Å². The van der Waals surface area contributed by atoms with E-state index in [4.69, 9.17) is 5.73 Å². The average Bonchev–Trinajstić information content (AvgIpc) is 2.36. The lowest BCUT2D eigenvalue weighted by molar-refractivity contribution is -0.117. The SMILES string of the molecule is NCC(=O)N1CCCc2c(CO)cccc21. The number of anilines is 1. The second kappa shape index (κ2) is 4.63. The predicted octanol–water partition coefficient (Wildman–Crippen LogP) is 0.417. The fraction of sp³-hybridized carbons (Fsp3) is 0.417. The Morgan fingerprint density at radius 3 is 3.00 bits per heavy atom. The average molecular weight is 220 g/mol. The number of carbonyl (C=O) groups excluding carboxylic acids is 1. The van der Waals surface area contributed by atoms with Crippen molar-refractivity contribution in [2.45, 2.75) is 19.4 Å². The Hall–Kier alpha value is -1.39. The molecule has 0 spiro atoms. The largest absolute Gasteiger partial charge is 0.392 e. The molecule has 1 aliphatic heterocycles. The summed E-state index contributed by atoms with van der Waals surface area (Å²) >= 11 is 0. The zero-order chi connectivity index (χ0) is 11.5. The molecule has 4 heteroatoms. The number of aliphatic hydroxyl groups excluding tert-OH is 1. The zero-order valence-electron chi connectivity index (χ0n) is 9.15. The smallest absolute Gasteiger partial charge is 0.240 e. The number of carbonyl (C=O) groups is 1. The summed E-state index contributed by atoms with van der Waals surface area (Å²) in [6, 6.07) is 5.68. The molecule has 1 aliphatic rings. The molecule has 0 unspecified atom stereocenters. The van der Waals surface area contributed by atoms with Crippen molar-refractivity contribution in [2.24, 2.45) is 5.73 Å². The minimum atomic E-state index is -0.0592. The molecule has 86 valence electrons. The first-order valence-electron chi connectivity index (χ1n) is 5.50. The van der Waals surface area contributed by atoms with Crippen molar-refractivity contribution in [3.05, 3.63) is 29.3 Å². The summed E-state index contributed by atoms with van der Waals surface area (Å²) in [5.74, 6) is -0.0592. The summed E-state index contributed by atoms with van der Waals surface area (Å²) in [5.41, 5.74) is 8.29. The van der Waals surface area contributed by atoms with Gasteiger partial charge >= 0.3 is 0 Å². The van der Waals surface area contributed by atoms with Crippen molar-refractivity contribution in [2.75, 3.05) is 18.0 Å². The van der Waals surface area contributed by atoms with Gasteiger partial charge in [-0.05, 0) is 30.0 Å². The molecule has 1 aromatic carbocycles. The number of aliphatic hydroxyl groups is 1. The van der Waals surface area contributed by atoms with Gasteiger partial charge in [-0.1, -0.05) is 12.1 Å². The summed E-state index contributed by atoms with van der Waals surface area (Å²) in [7, 11) is 0. The number of hydrogen-bond donors (Lipinski definition) is 2. The highest BCUT2D eigenvalue weighted by molar-refractivity contribution is 5.96. The highest BCUT2D eigenvalue weighted by Crippen LogP contribution is 2.29. The molecule has 3 N–H and O–H groups in total. The number of nitrogens with two attached hydrogens (primary N) is 1. The molecule has 1 heterocycles. The molecule has 0 aliphatic carbocycles. The summed E-state index contributed by atoms with van der Waals surface area (Å²) in [6.07, 6.45) is 1.84. The van der Waals surface area contributed by atoms with Crippen LogP contribution in [0.2, 0.25) is 0 Å². The van der Waals surface area contributed by atoms with Gasteiger partial charge in [0.05, 0.1) is 13.2 Å². The third kappa shape index (κ3) is 1.81. The van der Waals surface area contributed by atoms with Crippen LogP contribution in [0, 0.1) is 0 Å². The van der Waals surface area contributed by atoms with Gasteiger partial charge in [0.25, 0.3) is 0 Å². The zero-order valence-corrected chi connectivity index (χ0v) is 9.15. The van der Waals surface area contributed by atoms with Crippen molar-refractivity contribution in [3.63, 3.8) is 0 Å². The molecular formula is C12H16N2O2. The molecule has 16 heavy (non-hydrogen) atoms. The number of amides is 1. The molecule has 0 saturated carbocycles. The molecule has 0 radical (unpaired) electrons. The Bertz CT molecular complexity index is 404. The lowest BCUT2D eigenvalue weighted by Crippen LogP contribution is -2.39. The first-order chi connectivity index (χ1) is 7.77. The van der Waals surface area contributed by atoms with Crippen LogP contribution in [0.1, 0.15) is 17.5 Å². The normalized spacial score (nSPS) is 14.8. The van der Waals surface area contributed by atoms with E-state index in [0.29, 0.717) is 0 Å². The van der Waals surface area contributed by atoms with Crippen molar-refractivity contribution in [1.82, 2.24) is 0 Å². The van der Waals surface area contributed by atoms with Crippen molar-refractivity contribution in [3.8, 4) is 0 Å². The molecule has 0 aromatic heterocycles. The summed E-state index contributed by atoms with van der Waals surface area (Å²) in [4.78, 5) is 13.4. The van der Waals surface area contributed by atoms with Crippen LogP contribution in [0.25, 0.3) is 0 Å². The van der Waals surface area contributed by atoms with Crippen LogP contribution in [0.3, 0.4) is 0 Å². The fourth-order valence-electron chi connectivity index (χ4n) is 2.21. The number of rotatable bonds is 2. The Kier molecular flexibility index (Phi) is 3.22. The van der Waals surface area contributed by atoms with Crippen LogP contribution in [-0.4, -0.2) is 24.1 Å². The fourth-order valence-corrected chi connectivity index (χ4v) is 2.21. The minimum absolute atomic E-state index is 0.0217. The van der Waals surface area contributed by atoms with Crippen molar-refractivity contribution < 1.29 is 9.90 Å². The number of fused-ring (bicyclic) bond motifs is 1. The second-order valence-electron chi connectivity index (χ2n) is 3.93. The van der Waals surface area contributed by atoms with E-state index in [9.17, 15) is 9.90 Å². The van der Waals surface area contributed by atoms with E-state index >= 15 is 0 Å². The van der Waals surface area contributed by atoms with E-state index in [1.54, 1.807) is 4.90 Å².